The van der Waals surface area contributed by atoms with Crippen molar-refractivity contribution in [3.05, 3.63) is 18.7 Å². The van der Waals surface area contributed by atoms with Gasteiger partial charge in [0.25, 0.3) is 0 Å². The van der Waals surface area contributed by atoms with E-state index in [1.54, 1.807) is 19.4 Å². The number of nitrogens with zero attached hydrogens (tertiary/aromatic N) is 2. The number of carbonyl (C=O) groups is 1. The number of imidazole rings is 1. The van der Waals surface area contributed by atoms with E-state index in [0.717, 1.165) is 0 Å². The summed E-state index contributed by atoms with van der Waals surface area (Å²) in [6.45, 7) is 1.60. The molecule has 0 radical (unpaired) electrons. The molecule has 0 aliphatic carbocycles. The van der Waals surface area contributed by atoms with E-state index in [9.17, 15) is 4.79 Å². The lowest BCUT2D eigenvalue weighted by Gasteiger charge is -1.76. The van der Waals surface area contributed by atoms with Gasteiger partial charge < -0.3 is 9.67 Å². The molecular weight excluding hydrogens is 180 g/mol. The second kappa shape index (κ2) is 8.07. The van der Waals surface area contributed by atoms with Gasteiger partial charge in [-0.2, -0.15) is 0 Å². The van der Waals surface area contributed by atoms with Crippen molar-refractivity contribution in [3.63, 3.8) is 0 Å². The van der Waals surface area contributed by atoms with Gasteiger partial charge in [0.05, 0.1) is 6.33 Å². The number of aromatic nitrogens is 2. The second-order valence-corrected chi connectivity index (χ2v) is 1.98. The first-order valence-electron chi connectivity index (χ1n) is 3.30. The number of carboxylic acid groups (broad SMARTS) is 1. The molecule has 0 bridgehead atoms. The predicted molar refractivity (Wildman–Crippen MR) is 48.4 cm³/mol. The van der Waals surface area contributed by atoms with Crippen LogP contribution < -0.4 is 0 Å². The van der Waals surface area contributed by atoms with Crippen molar-refractivity contribution < 1.29 is 9.90 Å². The highest BCUT2D eigenvalue weighted by atomic mass is 35.5. The molecule has 1 heterocycles. The fourth-order valence-corrected chi connectivity index (χ4v) is 0.326. The topological polar surface area (TPSA) is 55.1 Å². The summed E-state index contributed by atoms with van der Waals surface area (Å²) in [5.74, 6) is -0.745. The van der Waals surface area contributed by atoms with Gasteiger partial charge in [-0.25, -0.2) is 4.98 Å². The van der Waals surface area contributed by atoms with Crippen LogP contribution in [0.2, 0.25) is 0 Å². The van der Waals surface area contributed by atoms with Crippen molar-refractivity contribution in [1.82, 2.24) is 9.55 Å². The summed E-state index contributed by atoms with van der Waals surface area (Å²) >= 11 is 0. The van der Waals surface area contributed by atoms with E-state index in [4.69, 9.17) is 5.11 Å². The Balaban J connectivity index is 0. The van der Waals surface area contributed by atoms with Gasteiger partial charge in [0, 0.05) is 25.9 Å². The SMILES string of the molecule is CCC(=O)O.Cl.Cn1ccnc1. The molecule has 0 saturated carbocycles. The van der Waals surface area contributed by atoms with Crippen LogP contribution in [0.4, 0.5) is 0 Å². The van der Waals surface area contributed by atoms with Gasteiger partial charge in [-0.05, 0) is 0 Å². The molecule has 1 aromatic heterocycles. The van der Waals surface area contributed by atoms with E-state index in [0.29, 0.717) is 0 Å². The molecule has 0 aromatic carbocycles. The zero-order chi connectivity index (χ0) is 8.69. The van der Waals surface area contributed by atoms with Gasteiger partial charge in [0.1, 0.15) is 0 Å². The van der Waals surface area contributed by atoms with Gasteiger partial charge >= 0.3 is 5.97 Å². The standard InChI is InChI=1S/C4H6N2.C3H6O2.ClH/c1-6-3-2-5-4-6;1-2-3(4)5;/h2-4H,1H3;2H2,1H3,(H,4,5);1H. The molecule has 12 heavy (non-hydrogen) atoms. The summed E-state index contributed by atoms with van der Waals surface area (Å²) in [6.07, 6.45) is 5.61. The monoisotopic (exact) mass is 192 g/mol. The smallest absolute Gasteiger partial charge is 0.303 e. The number of aryl methyl sites for hydroxylation is 1. The highest BCUT2D eigenvalue weighted by Crippen LogP contribution is 1.73. The van der Waals surface area contributed by atoms with Crippen molar-refractivity contribution in [2.75, 3.05) is 0 Å². The van der Waals surface area contributed by atoms with Gasteiger partial charge in [-0.1, -0.05) is 6.92 Å². The largest absolute Gasteiger partial charge is 0.481 e. The number of carboxylic acids is 1. The molecule has 0 fully saturated rings. The Morgan fingerprint density at radius 2 is 2.17 bits per heavy atom. The van der Waals surface area contributed by atoms with Gasteiger partial charge in [-0.3, -0.25) is 4.79 Å². The fourth-order valence-electron chi connectivity index (χ4n) is 0.326. The van der Waals surface area contributed by atoms with Crippen LogP contribution in [0.3, 0.4) is 0 Å². The first-order valence-corrected chi connectivity index (χ1v) is 3.30. The lowest BCUT2D eigenvalue weighted by Crippen LogP contribution is -1.86. The highest BCUT2D eigenvalue weighted by molar-refractivity contribution is 5.85. The molecule has 1 N–H and O–H groups in total. The van der Waals surface area contributed by atoms with E-state index >= 15 is 0 Å². The molecule has 0 unspecified atom stereocenters. The molecule has 4 nitrogen and oxygen atoms in total. The second-order valence-electron chi connectivity index (χ2n) is 1.98. The quantitative estimate of drug-likeness (QED) is 0.730. The maximum atomic E-state index is 9.37. The van der Waals surface area contributed by atoms with Crippen molar-refractivity contribution in [2.45, 2.75) is 13.3 Å². The minimum atomic E-state index is -0.745. The third kappa shape index (κ3) is 8.97. The molecular formula is C7H13ClN2O2. The van der Waals surface area contributed by atoms with Crippen LogP contribution in [0.15, 0.2) is 18.7 Å². The molecule has 0 atom stereocenters. The lowest BCUT2D eigenvalue weighted by molar-refractivity contribution is -0.136. The number of hydrogen-bond donors (Lipinski definition) is 1. The lowest BCUT2D eigenvalue weighted by atomic mass is 10.5. The Morgan fingerprint density at radius 1 is 1.67 bits per heavy atom. The first kappa shape index (κ1) is 13.6. The van der Waals surface area contributed by atoms with Crippen molar-refractivity contribution in [1.29, 1.82) is 0 Å². The zero-order valence-corrected chi connectivity index (χ0v) is 7.91. The van der Waals surface area contributed by atoms with E-state index in [-0.39, 0.29) is 18.8 Å². The summed E-state index contributed by atoms with van der Waals surface area (Å²) in [7, 11) is 1.94. The van der Waals surface area contributed by atoms with Crippen LogP contribution in [0.5, 0.6) is 0 Å². The molecule has 70 valence electrons. The third-order valence-electron chi connectivity index (χ3n) is 0.939. The molecule has 0 amide bonds. The summed E-state index contributed by atoms with van der Waals surface area (Å²) in [5.41, 5.74) is 0. The van der Waals surface area contributed by atoms with Gasteiger partial charge in [0.2, 0.25) is 0 Å². The van der Waals surface area contributed by atoms with E-state index < -0.39 is 5.97 Å². The number of halogens is 1. The average molecular weight is 193 g/mol. The van der Waals surface area contributed by atoms with Crippen LogP contribution in [0, 0.1) is 0 Å². The number of hydrogen-bond acceptors (Lipinski definition) is 2. The molecule has 0 aliphatic rings. The predicted octanol–water partition coefficient (Wildman–Crippen LogP) is 1.32. The molecule has 5 heteroatoms. The number of aliphatic carboxylic acids is 1. The van der Waals surface area contributed by atoms with Crippen LogP contribution in [0.25, 0.3) is 0 Å². The Kier molecular flexibility index (Phi) is 9.11. The van der Waals surface area contributed by atoms with Gasteiger partial charge in [0.15, 0.2) is 0 Å². The molecule has 0 aliphatic heterocycles. The number of rotatable bonds is 1. The van der Waals surface area contributed by atoms with Crippen molar-refractivity contribution in [2.24, 2.45) is 7.05 Å². The maximum Gasteiger partial charge on any atom is 0.303 e. The minimum Gasteiger partial charge on any atom is -0.481 e. The maximum absolute atomic E-state index is 9.37. The van der Waals surface area contributed by atoms with Crippen molar-refractivity contribution >= 4 is 18.4 Å². The van der Waals surface area contributed by atoms with E-state index in [1.807, 2.05) is 17.8 Å². The van der Waals surface area contributed by atoms with Crippen molar-refractivity contribution in [3.8, 4) is 0 Å². The summed E-state index contributed by atoms with van der Waals surface area (Å²) < 4.78 is 1.89. The Labute approximate surface area is 77.6 Å². The van der Waals surface area contributed by atoms with Crippen LogP contribution in [-0.2, 0) is 11.8 Å². The molecule has 0 spiro atoms. The normalized spacial score (nSPS) is 7.50. The summed E-state index contributed by atoms with van der Waals surface area (Å²) in [6, 6.07) is 0. The minimum absolute atomic E-state index is 0. The molecule has 1 rings (SSSR count). The zero-order valence-electron chi connectivity index (χ0n) is 7.10. The van der Waals surface area contributed by atoms with Crippen LogP contribution in [0.1, 0.15) is 13.3 Å². The summed E-state index contributed by atoms with van der Waals surface area (Å²) in [4.78, 5) is 13.2. The fraction of sp³-hybridized carbons (Fsp3) is 0.429. The van der Waals surface area contributed by atoms with E-state index in [2.05, 4.69) is 4.98 Å². The molecule has 0 saturated heterocycles. The first-order chi connectivity index (χ1) is 5.16. The van der Waals surface area contributed by atoms with Gasteiger partial charge in [-0.15, -0.1) is 12.4 Å². The highest BCUT2D eigenvalue weighted by Gasteiger charge is 1.80. The summed E-state index contributed by atoms with van der Waals surface area (Å²) in [5, 5.41) is 7.72. The Morgan fingerprint density at radius 3 is 2.25 bits per heavy atom. The Bertz CT molecular complexity index is 199. The Hall–Kier alpha value is -1.03. The van der Waals surface area contributed by atoms with Crippen LogP contribution in [-0.4, -0.2) is 20.6 Å². The van der Waals surface area contributed by atoms with Crippen LogP contribution >= 0.6 is 12.4 Å². The third-order valence-corrected chi connectivity index (χ3v) is 0.939. The average Bonchev–Trinajstić information content (AvgIpc) is 2.41. The van der Waals surface area contributed by atoms with E-state index in [1.165, 1.54) is 0 Å². The molecule has 1 aromatic rings.